The Kier molecular flexibility index (Phi) is 5.27. The molecule has 1 aliphatic heterocycles. The van der Waals surface area contributed by atoms with Crippen LogP contribution >= 0.6 is 0 Å². The zero-order valence-corrected chi connectivity index (χ0v) is 16.7. The normalized spacial score (nSPS) is 25.3. The highest BCUT2D eigenvalue weighted by Crippen LogP contribution is 2.35. The Morgan fingerprint density at radius 1 is 1.00 bits per heavy atom. The number of aromatic nitrogens is 1. The van der Waals surface area contributed by atoms with E-state index in [4.69, 9.17) is 5.73 Å². The van der Waals surface area contributed by atoms with Crippen molar-refractivity contribution in [2.75, 3.05) is 13.1 Å². The summed E-state index contributed by atoms with van der Waals surface area (Å²) < 4.78 is 2.31. The standard InChI is InChI=1S/C23H33N3O/c1-16(2)17-7-9-18(10-8-17)25-13-11-19(12-14-25)26-15-21(23(24)27)20-5-3-4-6-22(20)26/h3-6,15-19H,7-14H2,1-2H3,(H2,24,27)/t17-,18+. The van der Waals surface area contributed by atoms with Crippen molar-refractivity contribution >= 4 is 16.8 Å². The molecule has 1 saturated heterocycles. The monoisotopic (exact) mass is 367 g/mol. The van der Waals surface area contributed by atoms with Crippen LogP contribution in [0.15, 0.2) is 30.5 Å². The fourth-order valence-corrected chi connectivity index (χ4v) is 5.37. The van der Waals surface area contributed by atoms with Gasteiger partial charge in [-0.25, -0.2) is 0 Å². The van der Waals surface area contributed by atoms with E-state index in [-0.39, 0.29) is 5.91 Å². The Bertz CT molecular complexity index is 793. The molecule has 1 aromatic carbocycles. The van der Waals surface area contributed by atoms with Gasteiger partial charge in [-0.1, -0.05) is 32.0 Å². The quantitative estimate of drug-likeness (QED) is 0.859. The number of carbonyl (C=O) groups is 1. The second-order valence-electron chi connectivity index (χ2n) is 8.91. The Labute approximate surface area is 162 Å². The van der Waals surface area contributed by atoms with Gasteiger partial charge in [0.15, 0.2) is 0 Å². The van der Waals surface area contributed by atoms with E-state index in [1.54, 1.807) is 0 Å². The second-order valence-corrected chi connectivity index (χ2v) is 8.91. The molecule has 4 nitrogen and oxygen atoms in total. The minimum absolute atomic E-state index is 0.329. The molecule has 1 saturated carbocycles. The van der Waals surface area contributed by atoms with Gasteiger partial charge in [-0.2, -0.15) is 0 Å². The third-order valence-corrected chi connectivity index (χ3v) is 7.10. The highest BCUT2D eigenvalue weighted by molar-refractivity contribution is 6.06. The number of benzene rings is 1. The van der Waals surface area contributed by atoms with Gasteiger partial charge in [-0.15, -0.1) is 0 Å². The van der Waals surface area contributed by atoms with Crippen molar-refractivity contribution in [3.63, 3.8) is 0 Å². The van der Waals surface area contributed by atoms with Crippen molar-refractivity contribution in [3.05, 3.63) is 36.0 Å². The van der Waals surface area contributed by atoms with Gasteiger partial charge >= 0.3 is 0 Å². The maximum Gasteiger partial charge on any atom is 0.250 e. The first kappa shape index (κ1) is 18.5. The predicted molar refractivity (Wildman–Crippen MR) is 111 cm³/mol. The number of carbonyl (C=O) groups excluding carboxylic acids is 1. The summed E-state index contributed by atoms with van der Waals surface area (Å²) in [6, 6.07) is 9.39. The first-order chi connectivity index (χ1) is 13.0. The molecule has 0 atom stereocenters. The van der Waals surface area contributed by atoms with Gasteiger partial charge in [0.2, 0.25) is 0 Å². The number of fused-ring (bicyclic) bond motifs is 1. The number of likely N-dealkylation sites (tertiary alicyclic amines) is 1. The minimum Gasteiger partial charge on any atom is -0.366 e. The number of hydrogen-bond acceptors (Lipinski definition) is 2. The molecule has 0 bridgehead atoms. The molecule has 0 radical (unpaired) electrons. The largest absolute Gasteiger partial charge is 0.366 e. The van der Waals surface area contributed by atoms with Crippen molar-refractivity contribution in [2.24, 2.45) is 17.6 Å². The second kappa shape index (κ2) is 7.67. The zero-order chi connectivity index (χ0) is 19.0. The van der Waals surface area contributed by atoms with Gasteiger partial charge in [-0.05, 0) is 56.4 Å². The van der Waals surface area contributed by atoms with E-state index in [0.717, 1.165) is 41.6 Å². The summed E-state index contributed by atoms with van der Waals surface area (Å²) >= 11 is 0. The molecular weight excluding hydrogens is 334 g/mol. The van der Waals surface area contributed by atoms with Gasteiger partial charge < -0.3 is 15.2 Å². The smallest absolute Gasteiger partial charge is 0.250 e. The zero-order valence-electron chi connectivity index (χ0n) is 16.7. The molecule has 1 aromatic heterocycles. The van der Waals surface area contributed by atoms with E-state index in [9.17, 15) is 4.79 Å². The summed E-state index contributed by atoms with van der Waals surface area (Å²) in [4.78, 5) is 14.6. The Morgan fingerprint density at radius 2 is 1.67 bits per heavy atom. The first-order valence-electron chi connectivity index (χ1n) is 10.7. The highest BCUT2D eigenvalue weighted by atomic mass is 16.1. The number of amides is 1. The van der Waals surface area contributed by atoms with Gasteiger partial charge in [-0.3, -0.25) is 4.79 Å². The SMILES string of the molecule is CC(C)[C@H]1CC[C@@H](N2CCC(n3cc(C(N)=O)c4ccccc43)CC2)CC1. The summed E-state index contributed by atoms with van der Waals surface area (Å²) in [6.07, 6.45) is 9.82. The first-order valence-corrected chi connectivity index (χ1v) is 10.7. The molecule has 4 heteroatoms. The molecular formula is C23H33N3O. The third kappa shape index (κ3) is 3.64. The summed E-state index contributed by atoms with van der Waals surface area (Å²) in [5, 5.41) is 0.986. The van der Waals surface area contributed by atoms with Gasteiger partial charge in [0.1, 0.15) is 0 Å². The van der Waals surface area contributed by atoms with Crippen molar-refractivity contribution < 1.29 is 4.79 Å². The molecule has 0 unspecified atom stereocenters. The van der Waals surface area contributed by atoms with Gasteiger partial charge in [0.25, 0.3) is 5.91 Å². The number of rotatable bonds is 4. The summed E-state index contributed by atoms with van der Waals surface area (Å²) in [6.45, 7) is 7.08. The predicted octanol–water partition coefficient (Wildman–Crippen LogP) is 4.59. The lowest BCUT2D eigenvalue weighted by Crippen LogP contribution is -2.43. The summed E-state index contributed by atoms with van der Waals surface area (Å²) in [5.41, 5.74) is 7.41. The lowest BCUT2D eigenvalue weighted by Gasteiger charge is -2.42. The number of para-hydroxylation sites is 1. The van der Waals surface area contributed by atoms with Crippen LogP contribution in [0, 0.1) is 11.8 Å². The molecule has 4 rings (SSSR count). The van der Waals surface area contributed by atoms with Crippen LogP contribution in [0.4, 0.5) is 0 Å². The molecule has 1 aliphatic carbocycles. The van der Waals surface area contributed by atoms with Crippen molar-refractivity contribution in [1.29, 1.82) is 0 Å². The maximum absolute atomic E-state index is 11.8. The van der Waals surface area contributed by atoms with Crippen molar-refractivity contribution in [1.82, 2.24) is 9.47 Å². The fraction of sp³-hybridized carbons (Fsp3) is 0.609. The number of hydrogen-bond donors (Lipinski definition) is 1. The van der Waals surface area contributed by atoms with E-state index in [2.05, 4.69) is 29.4 Å². The number of nitrogens with zero attached hydrogens (tertiary/aromatic N) is 2. The van der Waals surface area contributed by atoms with Crippen LogP contribution in [-0.2, 0) is 0 Å². The highest BCUT2D eigenvalue weighted by Gasteiger charge is 2.30. The van der Waals surface area contributed by atoms with E-state index < -0.39 is 0 Å². The van der Waals surface area contributed by atoms with Crippen LogP contribution in [0.2, 0.25) is 0 Å². The molecule has 146 valence electrons. The fourth-order valence-electron chi connectivity index (χ4n) is 5.37. The van der Waals surface area contributed by atoms with E-state index in [0.29, 0.717) is 11.6 Å². The van der Waals surface area contributed by atoms with E-state index in [1.165, 1.54) is 38.8 Å². The molecule has 1 amide bonds. The Hall–Kier alpha value is -1.81. The molecule has 0 spiro atoms. The van der Waals surface area contributed by atoms with Crippen LogP contribution in [0.3, 0.4) is 0 Å². The average molecular weight is 368 g/mol. The molecule has 2 heterocycles. The van der Waals surface area contributed by atoms with Crippen LogP contribution in [0.25, 0.3) is 10.9 Å². The van der Waals surface area contributed by atoms with Gasteiger partial charge in [0.05, 0.1) is 5.56 Å². The summed E-state index contributed by atoms with van der Waals surface area (Å²) in [5.74, 6) is 1.43. The Morgan fingerprint density at radius 3 is 2.30 bits per heavy atom. The minimum atomic E-state index is -0.329. The summed E-state index contributed by atoms with van der Waals surface area (Å²) in [7, 11) is 0. The molecule has 2 fully saturated rings. The lowest BCUT2D eigenvalue weighted by molar-refractivity contribution is 0.0893. The topological polar surface area (TPSA) is 51.3 Å². The van der Waals surface area contributed by atoms with Crippen molar-refractivity contribution in [2.45, 2.75) is 64.5 Å². The van der Waals surface area contributed by atoms with E-state index in [1.807, 2.05) is 24.4 Å². The van der Waals surface area contributed by atoms with Gasteiger partial charge in [0, 0.05) is 42.3 Å². The molecule has 2 N–H and O–H groups in total. The number of nitrogens with two attached hydrogens (primary N) is 1. The van der Waals surface area contributed by atoms with Crippen LogP contribution in [0.5, 0.6) is 0 Å². The van der Waals surface area contributed by atoms with E-state index >= 15 is 0 Å². The van der Waals surface area contributed by atoms with Crippen LogP contribution in [-0.4, -0.2) is 34.5 Å². The number of piperidine rings is 1. The molecule has 2 aromatic rings. The van der Waals surface area contributed by atoms with Crippen LogP contribution < -0.4 is 5.73 Å². The molecule has 2 aliphatic rings. The Balaban J connectivity index is 1.43. The van der Waals surface area contributed by atoms with Crippen LogP contribution in [0.1, 0.15) is 68.8 Å². The third-order valence-electron chi connectivity index (χ3n) is 7.10. The number of primary amides is 1. The van der Waals surface area contributed by atoms with Crippen molar-refractivity contribution in [3.8, 4) is 0 Å². The lowest BCUT2D eigenvalue weighted by atomic mass is 9.79. The average Bonchev–Trinajstić information content (AvgIpc) is 3.08. The maximum atomic E-state index is 11.8. The molecule has 27 heavy (non-hydrogen) atoms.